The van der Waals surface area contributed by atoms with Crippen molar-refractivity contribution in [3.05, 3.63) is 0 Å². The fourth-order valence-corrected chi connectivity index (χ4v) is 4.59. The summed E-state index contributed by atoms with van der Waals surface area (Å²) in [6.45, 7) is 4.26. The van der Waals surface area contributed by atoms with Crippen molar-refractivity contribution in [2.24, 2.45) is 0 Å². The normalized spacial score (nSPS) is 29.9. The maximum Gasteiger partial charge on any atom is 0.0712 e. The Morgan fingerprint density at radius 2 is 1.48 bits per heavy atom. The maximum atomic E-state index is 5.91. The first-order valence-corrected chi connectivity index (χ1v) is 9.51. The number of nitrogens with one attached hydrogen (secondary N) is 1. The second-order valence-electron chi connectivity index (χ2n) is 7.31. The van der Waals surface area contributed by atoms with E-state index < -0.39 is 0 Å². The summed E-state index contributed by atoms with van der Waals surface area (Å²) in [4.78, 5) is 2.91. The molecule has 3 rings (SSSR count). The minimum atomic E-state index is 0.452. The van der Waals surface area contributed by atoms with Crippen LogP contribution < -0.4 is 5.32 Å². The van der Waals surface area contributed by atoms with Gasteiger partial charge in [-0.15, -0.1) is 0 Å². The van der Waals surface area contributed by atoms with Crippen molar-refractivity contribution in [2.75, 3.05) is 26.2 Å². The van der Waals surface area contributed by atoms with Gasteiger partial charge in [-0.25, -0.2) is 0 Å². The van der Waals surface area contributed by atoms with Gasteiger partial charge in [-0.3, -0.25) is 4.90 Å². The molecule has 1 unspecified atom stereocenters. The molecular weight excluding hydrogens is 260 g/mol. The van der Waals surface area contributed by atoms with Crippen LogP contribution in [0, 0.1) is 0 Å². The molecule has 3 fully saturated rings. The zero-order valence-electron chi connectivity index (χ0n) is 13.7. The molecule has 2 saturated carbocycles. The van der Waals surface area contributed by atoms with Crippen LogP contribution in [0.5, 0.6) is 0 Å². The first-order valence-electron chi connectivity index (χ1n) is 9.51. The average Bonchev–Trinajstić information content (AvgIpc) is 2.58. The Bertz CT molecular complexity index is 261. The van der Waals surface area contributed by atoms with Gasteiger partial charge < -0.3 is 10.1 Å². The first-order chi connectivity index (χ1) is 10.4. The topological polar surface area (TPSA) is 24.5 Å². The van der Waals surface area contributed by atoms with Gasteiger partial charge in [-0.2, -0.15) is 0 Å². The van der Waals surface area contributed by atoms with Crippen molar-refractivity contribution in [1.82, 2.24) is 10.2 Å². The van der Waals surface area contributed by atoms with E-state index >= 15 is 0 Å². The molecule has 0 spiro atoms. The third kappa shape index (κ3) is 4.67. The summed E-state index contributed by atoms with van der Waals surface area (Å²) in [5, 5.41) is 3.47. The second-order valence-corrected chi connectivity index (χ2v) is 7.31. The molecule has 0 aromatic rings. The van der Waals surface area contributed by atoms with Gasteiger partial charge in [0.25, 0.3) is 0 Å². The summed E-state index contributed by atoms with van der Waals surface area (Å²) in [6, 6.07) is 1.75. The molecule has 3 nitrogen and oxygen atoms in total. The van der Waals surface area contributed by atoms with Crippen LogP contribution in [0.3, 0.4) is 0 Å². The fraction of sp³-hybridized carbons (Fsp3) is 1.00. The Morgan fingerprint density at radius 1 is 0.857 bits per heavy atom. The predicted molar refractivity (Wildman–Crippen MR) is 87.7 cm³/mol. The summed E-state index contributed by atoms with van der Waals surface area (Å²) >= 11 is 0. The van der Waals surface area contributed by atoms with Crippen LogP contribution in [0.1, 0.15) is 70.6 Å². The third-order valence-corrected chi connectivity index (χ3v) is 5.80. The third-order valence-electron chi connectivity index (χ3n) is 5.80. The minimum absolute atomic E-state index is 0.452. The van der Waals surface area contributed by atoms with Gasteiger partial charge in [0.1, 0.15) is 0 Å². The zero-order valence-corrected chi connectivity index (χ0v) is 13.7. The van der Waals surface area contributed by atoms with Gasteiger partial charge in [0.15, 0.2) is 0 Å². The van der Waals surface area contributed by atoms with E-state index in [-0.39, 0.29) is 0 Å². The van der Waals surface area contributed by atoms with Gasteiger partial charge in [0, 0.05) is 31.7 Å². The number of ether oxygens (including phenoxy) is 1. The van der Waals surface area contributed by atoms with E-state index in [1.165, 1.54) is 77.2 Å². The molecular formula is C18H34N2O. The molecule has 3 aliphatic rings. The van der Waals surface area contributed by atoms with Crippen molar-refractivity contribution in [1.29, 1.82) is 0 Å². The number of hydrogen-bond donors (Lipinski definition) is 1. The molecule has 0 aromatic carbocycles. The Morgan fingerprint density at radius 3 is 2.00 bits per heavy atom. The predicted octanol–water partition coefficient (Wildman–Crippen LogP) is 3.33. The van der Waals surface area contributed by atoms with Crippen LogP contribution >= 0.6 is 0 Å². The summed E-state index contributed by atoms with van der Waals surface area (Å²) in [6.07, 6.45) is 16.2. The number of hydrogen-bond acceptors (Lipinski definition) is 3. The molecule has 1 aliphatic heterocycles. The van der Waals surface area contributed by atoms with Crippen molar-refractivity contribution in [3.63, 3.8) is 0 Å². The van der Waals surface area contributed by atoms with Crippen LogP contribution in [0.4, 0.5) is 0 Å². The lowest BCUT2D eigenvalue weighted by Crippen LogP contribution is -2.47. The van der Waals surface area contributed by atoms with Crippen LogP contribution in [0.15, 0.2) is 0 Å². The molecule has 0 aromatic heterocycles. The summed E-state index contributed by atoms with van der Waals surface area (Å²) in [7, 11) is 0. The molecule has 122 valence electrons. The SMILES string of the molecule is C1CCC(N(CCC2CNCCO2)C2CCCCC2)CC1. The Balaban J connectivity index is 1.54. The molecule has 0 radical (unpaired) electrons. The summed E-state index contributed by atoms with van der Waals surface area (Å²) in [5.74, 6) is 0. The second kappa shape index (κ2) is 8.50. The average molecular weight is 294 g/mol. The van der Waals surface area contributed by atoms with Crippen molar-refractivity contribution >= 4 is 0 Å². The van der Waals surface area contributed by atoms with Gasteiger partial charge in [-0.05, 0) is 32.1 Å². The lowest BCUT2D eigenvalue weighted by Gasteiger charge is -2.42. The Labute approximate surface area is 130 Å². The van der Waals surface area contributed by atoms with E-state index in [4.69, 9.17) is 4.74 Å². The van der Waals surface area contributed by atoms with Crippen LogP contribution in [-0.2, 0) is 4.74 Å². The van der Waals surface area contributed by atoms with E-state index in [2.05, 4.69) is 10.2 Å². The zero-order chi connectivity index (χ0) is 14.3. The Kier molecular flexibility index (Phi) is 6.38. The molecule has 2 aliphatic carbocycles. The standard InChI is InChI=1S/C18H34N2O/c1-3-7-16(8-4-1)20(17-9-5-2-6-10-17)13-11-18-15-19-12-14-21-18/h16-19H,1-15H2. The molecule has 0 bridgehead atoms. The monoisotopic (exact) mass is 294 g/mol. The highest BCUT2D eigenvalue weighted by atomic mass is 16.5. The van der Waals surface area contributed by atoms with E-state index in [0.29, 0.717) is 6.10 Å². The Hall–Kier alpha value is -0.120. The lowest BCUT2D eigenvalue weighted by molar-refractivity contribution is 0.00359. The minimum Gasteiger partial charge on any atom is -0.376 e. The molecule has 1 N–H and O–H groups in total. The smallest absolute Gasteiger partial charge is 0.0712 e. The molecule has 1 heterocycles. The number of rotatable bonds is 5. The van der Waals surface area contributed by atoms with Crippen molar-refractivity contribution in [3.8, 4) is 0 Å². The molecule has 0 amide bonds. The van der Waals surface area contributed by atoms with Crippen molar-refractivity contribution < 1.29 is 4.74 Å². The van der Waals surface area contributed by atoms with E-state index in [0.717, 1.165) is 31.8 Å². The highest BCUT2D eigenvalue weighted by Gasteiger charge is 2.29. The lowest BCUT2D eigenvalue weighted by atomic mass is 9.88. The molecule has 1 saturated heterocycles. The number of morpholine rings is 1. The number of nitrogens with zero attached hydrogens (tertiary/aromatic N) is 1. The maximum absolute atomic E-state index is 5.91. The van der Waals surface area contributed by atoms with Gasteiger partial charge >= 0.3 is 0 Å². The summed E-state index contributed by atoms with van der Waals surface area (Å²) in [5.41, 5.74) is 0. The van der Waals surface area contributed by atoms with Crippen LogP contribution in [0.2, 0.25) is 0 Å². The molecule has 3 heteroatoms. The van der Waals surface area contributed by atoms with Gasteiger partial charge in [-0.1, -0.05) is 38.5 Å². The molecule has 1 atom stereocenters. The highest BCUT2D eigenvalue weighted by Crippen LogP contribution is 2.30. The fourth-order valence-electron chi connectivity index (χ4n) is 4.59. The van der Waals surface area contributed by atoms with Gasteiger partial charge in [0.2, 0.25) is 0 Å². The highest BCUT2D eigenvalue weighted by molar-refractivity contribution is 4.84. The van der Waals surface area contributed by atoms with E-state index in [1.807, 2.05) is 0 Å². The summed E-state index contributed by atoms with van der Waals surface area (Å²) < 4.78 is 5.91. The molecule has 21 heavy (non-hydrogen) atoms. The van der Waals surface area contributed by atoms with E-state index in [9.17, 15) is 0 Å². The van der Waals surface area contributed by atoms with Gasteiger partial charge in [0.05, 0.1) is 12.7 Å². The van der Waals surface area contributed by atoms with Crippen LogP contribution in [0.25, 0.3) is 0 Å². The van der Waals surface area contributed by atoms with Crippen molar-refractivity contribution in [2.45, 2.75) is 88.8 Å². The first kappa shape index (κ1) is 15.8. The quantitative estimate of drug-likeness (QED) is 0.842. The van der Waals surface area contributed by atoms with E-state index in [1.54, 1.807) is 0 Å². The van der Waals surface area contributed by atoms with Crippen LogP contribution in [-0.4, -0.2) is 49.3 Å². The largest absolute Gasteiger partial charge is 0.376 e.